The summed E-state index contributed by atoms with van der Waals surface area (Å²) in [6, 6.07) is 4.43. The first-order valence-corrected chi connectivity index (χ1v) is 6.68. The summed E-state index contributed by atoms with van der Waals surface area (Å²) in [5.74, 6) is -0.918. The van der Waals surface area contributed by atoms with Crippen molar-refractivity contribution >= 4 is 11.6 Å². The van der Waals surface area contributed by atoms with E-state index < -0.39 is 5.82 Å². The van der Waals surface area contributed by atoms with Gasteiger partial charge in [0.2, 0.25) is 0 Å². The summed E-state index contributed by atoms with van der Waals surface area (Å²) in [5, 5.41) is 2.89. The molecule has 6 heteroatoms. The molecule has 5 nitrogen and oxygen atoms in total. The van der Waals surface area contributed by atoms with Gasteiger partial charge in [-0.3, -0.25) is 15.1 Å². The molecular formula is C14H20FN3O2. The molecule has 0 unspecified atom stereocenters. The summed E-state index contributed by atoms with van der Waals surface area (Å²) < 4.78 is 13.9. The van der Waals surface area contributed by atoms with Crippen LogP contribution in [-0.2, 0) is 4.84 Å². The highest BCUT2D eigenvalue weighted by Crippen LogP contribution is 2.16. The van der Waals surface area contributed by atoms with E-state index in [1.54, 1.807) is 6.07 Å². The fraction of sp³-hybridized carbons (Fsp3) is 0.500. The molecule has 0 aliphatic carbocycles. The summed E-state index contributed by atoms with van der Waals surface area (Å²) in [7, 11) is 3.50. The number of carbonyl (C=O) groups is 1. The molecule has 1 fully saturated rings. The molecule has 0 spiro atoms. The number of carbonyl (C=O) groups excluding carboxylic acids is 1. The lowest BCUT2D eigenvalue weighted by Gasteiger charge is -2.29. The normalized spacial score (nSPS) is 16.9. The number of hydrogen-bond acceptors (Lipinski definition) is 4. The Balaban J connectivity index is 1.98. The second-order valence-electron chi connectivity index (χ2n) is 5.05. The molecule has 1 aliphatic heterocycles. The third-order valence-electron chi connectivity index (χ3n) is 3.49. The molecule has 0 aromatic heterocycles. The van der Waals surface area contributed by atoms with Gasteiger partial charge in [-0.2, -0.15) is 0 Å². The van der Waals surface area contributed by atoms with E-state index in [-0.39, 0.29) is 17.5 Å². The van der Waals surface area contributed by atoms with Crippen LogP contribution in [0.3, 0.4) is 0 Å². The fourth-order valence-electron chi connectivity index (χ4n) is 2.30. The van der Waals surface area contributed by atoms with Gasteiger partial charge in [0.1, 0.15) is 5.82 Å². The van der Waals surface area contributed by atoms with Gasteiger partial charge in [-0.25, -0.2) is 4.39 Å². The maximum atomic E-state index is 13.9. The van der Waals surface area contributed by atoms with E-state index in [9.17, 15) is 9.18 Å². The lowest BCUT2D eigenvalue weighted by Crippen LogP contribution is -2.43. The fourth-order valence-corrected chi connectivity index (χ4v) is 2.30. The first-order chi connectivity index (χ1) is 9.60. The van der Waals surface area contributed by atoms with Gasteiger partial charge in [0.05, 0.1) is 18.4 Å². The standard InChI is InChI=1S/C14H20FN3O2/c1-18-7-5-10(6-8-18)16-14(19)12-4-3-11(17-20-2)9-13(12)15/h3-4,9-10,17H,5-8H2,1-2H3,(H,16,19). The van der Waals surface area contributed by atoms with Crippen LogP contribution < -0.4 is 10.8 Å². The maximum Gasteiger partial charge on any atom is 0.254 e. The molecule has 0 atom stereocenters. The number of anilines is 1. The smallest absolute Gasteiger partial charge is 0.254 e. The number of likely N-dealkylation sites (tertiary alicyclic amines) is 1. The molecule has 0 bridgehead atoms. The van der Waals surface area contributed by atoms with E-state index in [2.05, 4.69) is 22.7 Å². The quantitative estimate of drug-likeness (QED) is 0.824. The van der Waals surface area contributed by atoms with Gasteiger partial charge in [-0.05, 0) is 45.1 Å². The topological polar surface area (TPSA) is 53.6 Å². The molecule has 1 aromatic carbocycles. The number of rotatable bonds is 4. The van der Waals surface area contributed by atoms with Crippen LogP contribution in [-0.4, -0.2) is 44.1 Å². The third-order valence-corrected chi connectivity index (χ3v) is 3.49. The molecule has 1 amide bonds. The predicted molar refractivity (Wildman–Crippen MR) is 75.0 cm³/mol. The Morgan fingerprint density at radius 3 is 2.70 bits per heavy atom. The molecule has 1 saturated heterocycles. The van der Waals surface area contributed by atoms with Crippen molar-refractivity contribution in [3.63, 3.8) is 0 Å². The van der Waals surface area contributed by atoms with Crippen LogP contribution in [0, 0.1) is 5.82 Å². The largest absolute Gasteiger partial charge is 0.349 e. The monoisotopic (exact) mass is 281 g/mol. The lowest BCUT2D eigenvalue weighted by atomic mass is 10.0. The van der Waals surface area contributed by atoms with Gasteiger partial charge in [0.15, 0.2) is 0 Å². The molecule has 0 saturated carbocycles. The minimum absolute atomic E-state index is 0.0607. The number of nitrogens with zero attached hydrogens (tertiary/aromatic N) is 1. The van der Waals surface area contributed by atoms with Crippen LogP contribution in [0.4, 0.5) is 10.1 Å². The zero-order valence-corrected chi connectivity index (χ0v) is 11.8. The van der Waals surface area contributed by atoms with E-state index in [1.807, 2.05) is 0 Å². The average molecular weight is 281 g/mol. The molecule has 20 heavy (non-hydrogen) atoms. The van der Waals surface area contributed by atoms with Crippen molar-refractivity contribution in [2.24, 2.45) is 0 Å². The van der Waals surface area contributed by atoms with Crippen LogP contribution in [0.25, 0.3) is 0 Å². The van der Waals surface area contributed by atoms with Crippen molar-refractivity contribution < 1.29 is 14.0 Å². The van der Waals surface area contributed by atoms with Crippen LogP contribution in [0.15, 0.2) is 18.2 Å². The van der Waals surface area contributed by atoms with E-state index in [0.717, 1.165) is 25.9 Å². The number of benzene rings is 1. The van der Waals surface area contributed by atoms with E-state index >= 15 is 0 Å². The minimum atomic E-state index is -0.558. The minimum Gasteiger partial charge on any atom is -0.349 e. The van der Waals surface area contributed by atoms with Crippen LogP contribution in [0.5, 0.6) is 0 Å². The molecule has 1 aliphatic rings. The van der Waals surface area contributed by atoms with Crippen LogP contribution in [0.1, 0.15) is 23.2 Å². The Morgan fingerprint density at radius 2 is 2.10 bits per heavy atom. The zero-order valence-electron chi connectivity index (χ0n) is 11.8. The number of piperidine rings is 1. The first-order valence-electron chi connectivity index (χ1n) is 6.68. The molecule has 110 valence electrons. The molecule has 2 N–H and O–H groups in total. The van der Waals surface area contributed by atoms with Gasteiger partial charge in [0, 0.05) is 12.1 Å². The molecule has 0 radical (unpaired) electrons. The summed E-state index contributed by atoms with van der Waals surface area (Å²) in [6.07, 6.45) is 1.79. The Kier molecular flexibility index (Phi) is 4.92. The highest BCUT2D eigenvalue weighted by atomic mass is 19.1. The summed E-state index contributed by atoms with van der Waals surface area (Å²) >= 11 is 0. The van der Waals surface area contributed by atoms with Gasteiger partial charge in [0.25, 0.3) is 5.91 Å². The highest BCUT2D eigenvalue weighted by molar-refractivity contribution is 5.95. The Morgan fingerprint density at radius 1 is 1.40 bits per heavy atom. The summed E-state index contributed by atoms with van der Waals surface area (Å²) in [6.45, 7) is 1.90. The first kappa shape index (κ1) is 14.7. The van der Waals surface area contributed by atoms with E-state index in [1.165, 1.54) is 19.2 Å². The molecular weight excluding hydrogens is 261 g/mol. The van der Waals surface area contributed by atoms with Crippen molar-refractivity contribution in [2.75, 3.05) is 32.7 Å². The van der Waals surface area contributed by atoms with Crippen molar-refractivity contribution in [3.05, 3.63) is 29.6 Å². The van der Waals surface area contributed by atoms with E-state index in [4.69, 9.17) is 4.84 Å². The maximum absolute atomic E-state index is 13.9. The number of hydrogen-bond donors (Lipinski definition) is 2. The summed E-state index contributed by atoms with van der Waals surface area (Å²) in [5.41, 5.74) is 3.06. The average Bonchev–Trinajstić information content (AvgIpc) is 2.42. The van der Waals surface area contributed by atoms with Gasteiger partial charge >= 0.3 is 0 Å². The number of halogens is 1. The number of amides is 1. The van der Waals surface area contributed by atoms with Crippen LogP contribution >= 0.6 is 0 Å². The Hall–Kier alpha value is -1.66. The van der Waals surface area contributed by atoms with Crippen molar-refractivity contribution in [1.82, 2.24) is 10.2 Å². The lowest BCUT2D eigenvalue weighted by molar-refractivity contribution is 0.0913. The highest BCUT2D eigenvalue weighted by Gasteiger charge is 2.20. The predicted octanol–water partition coefficient (Wildman–Crippen LogP) is 1.62. The SMILES string of the molecule is CONc1ccc(C(=O)NC2CCN(C)CC2)c(F)c1. The Bertz CT molecular complexity index is 473. The molecule has 2 rings (SSSR count). The van der Waals surface area contributed by atoms with Crippen LogP contribution in [0.2, 0.25) is 0 Å². The van der Waals surface area contributed by atoms with Gasteiger partial charge in [-0.1, -0.05) is 0 Å². The van der Waals surface area contributed by atoms with Crippen molar-refractivity contribution in [1.29, 1.82) is 0 Å². The van der Waals surface area contributed by atoms with Gasteiger partial charge < -0.3 is 10.2 Å². The van der Waals surface area contributed by atoms with Gasteiger partial charge in [-0.15, -0.1) is 0 Å². The van der Waals surface area contributed by atoms with Crippen molar-refractivity contribution in [2.45, 2.75) is 18.9 Å². The van der Waals surface area contributed by atoms with E-state index in [0.29, 0.717) is 5.69 Å². The second kappa shape index (κ2) is 6.67. The zero-order chi connectivity index (χ0) is 14.5. The Labute approximate surface area is 118 Å². The second-order valence-corrected chi connectivity index (χ2v) is 5.05. The number of nitrogens with one attached hydrogen (secondary N) is 2. The third kappa shape index (κ3) is 3.68. The van der Waals surface area contributed by atoms with Crippen molar-refractivity contribution in [3.8, 4) is 0 Å². The molecule has 1 heterocycles. The summed E-state index contributed by atoms with van der Waals surface area (Å²) in [4.78, 5) is 19.0. The molecule has 1 aromatic rings.